The maximum atomic E-state index is 8.59. The second kappa shape index (κ2) is 12.9. The van der Waals surface area contributed by atoms with E-state index in [-0.39, 0.29) is 0 Å². The molecule has 0 aliphatic heterocycles. The molecular formula is C11H28N2O. The third-order valence-corrected chi connectivity index (χ3v) is 1.84. The van der Waals surface area contributed by atoms with Crippen molar-refractivity contribution in [3.63, 3.8) is 0 Å². The van der Waals surface area contributed by atoms with Crippen molar-refractivity contribution in [1.82, 2.24) is 9.80 Å². The molecule has 0 unspecified atom stereocenters. The van der Waals surface area contributed by atoms with Gasteiger partial charge in [-0.25, -0.2) is 0 Å². The molecule has 0 spiro atoms. The van der Waals surface area contributed by atoms with Gasteiger partial charge in [-0.2, -0.15) is 0 Å². The monoisotopic (exact) mass is 204 g/mol. The van der Waals surface area contributed by atoms with Crippen LogP contribution < -0.4 is 0 Å². The first-order valence-corrected chi connectivity index (χ1v) is 5.61. The first-order valence-electron chi connectivity index (χ1n) is 5.61. The van der Waals surface area contributed by atoms with Gasteiger partial charge in [0.15, 0.2) is 0 Å². The van der Waals surface area contributed by atoms with E-state index in [0.717, 1.165) is 26.1 Å². The van der Waals surface area contributed by atoms with Gasteiger partial charge in [0.05, 0.1) is 0 Å². The fourth-order valence-corrected chi connectivity index (χ4v) is 1.11. The van der Waals surface area contributed by atoms with Crippen molar-refractivity contribution in [2.24, 2.45) is 0 Å². The number of aliphatic hydroxyl groups excluding tert-OH is 1. The predicted octanol–water partition coefficient (Wildman–Crippen LogP) is 1.28. The molecule has 0 aromatic rings. The molecule has 0 saturated carbocycles. The van der Waals surface area contributed by atoms with E-state index in [1.54, 1.807) is 0 Å². The van der Waals surface area contributed by atoms with Crippen LogP contribution in [0.3, 0.4) is 0 Å². The molecule has 3 heteroatoms. The van der Waals surface area contributed by atoms with Crippen LogP contribution in [0, 0.1) is 0 Å². The van der Waals surface area contributed by atoms with E-state index in [1.165, 1.54) is 6.42 Å². The summed E-state index contributed by atoms with van der Waals surface area (Å²) >= 11 is 0. The van der Waals surface area contributed by atoms with Crippen LogP contribution >= 0.6 is 0 Å². The van der Waals surface area contributed by atoms with Crippen LogP contribution in [0.4, 0.5) is 0 Å². The average Bonchev–Trinajstić information content (AvgIpc) is 2.17. The van der Waals surface area contributed by atoms with Gasteiger partial charge >= 0.3 is 0 Å². The highest BCUT2D eigenvalue weighted by molar-refractivity contribution is 4.53. The molecule has 0 aliphatic carbocycles. The van der Waals surface area contributed by atoms with Gasteiger partial charge < -0.3 is 14.9 Å². The van der Waals surface area contributed by atoms with E-state index in [2.05, 4.69) is 30.9 Å². The summed E-state index contributed by atoms with van der Waals surface area (Å²) < 4.78 is 0. The van der Waals surface area contributed by atoms with Crippen LogP contribution in [0.1, 0.15) is 26.7 Å². The highest BCUT2D eigenvalue weighted by Gasteiger charge is 1.97. The van der Waals surface area contributed by atoms with E-state index < -0.39 is 0 Å². The van der Waals surface area contributed by atoms with E-state index in [0.29, 0.717) is 6.61 Å². The lowest BCUT2D eigenvalue weighted by Gasteiger charge is -2.17. The van der Waals surface area contributed by atoms with Gasteiger partial charge in [0.1, 0.15) is 0 Å². The minimum atomic E-state index is 0.304. The fraction of sp³-hybridized carbons (Fsp3) is 1.00. The minimum absolute atomic E-state index is 0.304. The van der Waals surface area contributed by atoms with E-state index >= 15 is 0 Å². The molecule has 0 heterocycles. The zero-order valence-electron chi connectivity index (χ0n) is 10.6. The van der Waals surface area contributed by atoms with Crippen molar-refractivity contribution in [2.45, 2.75) is 26.7 Å². The Bertz CT molecular complexity index is 97.3. The molecule has 0 saturated heterocycles. The first kappa shape index (κ1) is 16.3. The number of aliphatic hydroxyl groups is 1. The maximum Gasteiger partial charge on any atom is 0.0443 e. The number of nitrogens with zero attached hydrogens (tertiary/aromatic N) is 2. The summed E-state index contributed by atoms with van der Waals surface area (Å²) in [7, 11) is 6.28. The van der Waals surface area contributed by atoms with Crippen molar-refractivity contribution in [1.29, 1.82) is 0 Å². The Balaban J connectivity index is 0. The van der Waals surface area contributed by atoms with Crippen LogP contribution in [-0.2, 0) is 0 Å². The van der Waals surface area contributed by atoms with E-state index in [9.17, 15) is 0 Å². The van der Waals surface area contributed by atoms with Crippen LogP contribution in [0.25, 0.3) is 0 Å². The van der Waals surface area contributed by atoms with Crippen LogP contribution in [-0.4, -0.2) is 62.3 Å². The molecule has 3 nitrogen and oxygen atoms in total. The number of hydrogen-bond acceptors (Lipinski definition) is 3. The normalized spacial score (nSPS) is 10.3. The Morgan fingerprint density at radius 1 is 0.857 bits per heavy atom. The fourth-order valence-electron chi connectivity index (χ4n) is 1.11. The van der Waals surface area contributed by atoms with Crippen molar-refractivity contribution in [3.05, 3.63) is 0 Å². The van der Waals surface area contributed by atoms with E-state index in [4.69, 9.17) is 5.11 Å². The van der Waals surface area contributed by atoms with Crippen LogP contribution in [0.5, 0.6) is 0 Å². The standard InChI is InChI=1S/C9H22N2O.C2H6/c1-10(2)6-4-7-11(3)8-5-9-12;1-2/h12H,4-9H2,1-3H3;1-2H3. The third-order valence-electron chi connectivity index (χ3n) is 1.84. The van der Waals surface area contributed by atoms with Gasteiger partial charge in [-0.1, -0.05) is 13.8 Å². The highest BCUT2D eigenvalue weighted by atomic mass is 16.3. The van der Waals surface area contributed by atoms with Gasteiger partial charge in [-0.3, -0.25) is 0 Å². The Morgan fingerprint density at radius 2 is 1.36 bits per heavy atom. The van der Waals surface area contributed by atoms with Gasteiger partial charge in [-0.15, -0.1) is 0 Å². The summed E-state index contributed by atoms with van der Waals surface area (Å²) in [6.45, 7) is 7.57. The Kier molecular flexibility index (Phi) is 15.0. The molecule has 0 atom stereocenters. The highest BCUT2D eigenvalue weighted by Crippen LogP contribution is 1.90. The van der Waals surface area contributed by atoms with Gasteiger partial charge in [-0.05, 0) is 47.1 Å². The predicted molar refractivity (Wildman–Crippen MR) is 63.7 cm³/mol. The topological polar surface area (TPSA) is 26.7 Å². The van der Waals surface area contributed by atoms with Gasteiger partial charge in [0.25, 0.3) is 0 Å². The number of rotatable bonds is 7. The van der Waals surface area contributed by atoms with E-state index in [1.807, 2.05) is 13.8 Å². The van der Waals surface area contributed by atoms with Crippen molar-refractivity contribution >= 4 is 0 Å². The molecule has 0 radical (unpaired) electrons. The molecule has 14 heavy (non-hydrogen) atoms. The lowest BCUT2D eigenvalue weighted by atomic mass is 10.3. The molecule has 0 fully saturated rings. The molecule has 0 rings (SSSR count). The number of hydrogen-bond donors (Lipinski definition) is 1. The van der Waals surface area contributed by atoms with Crippen molar-refractivity contribution < 1.29 is 5.11 Å². The summed E-state index contributed by atoms with van der Waals surface area (Å²) in [6, 6.07) is 0. The minimum Gasteiger partial charge on any atom is -0.396 e. The third kappa shape index (κ3) is 14.4. The van der Waals surface area contributed by atoms with Crippen LogP contribution in [0.15, 0.2) is 0 Å². The van der Waals surface area contributed by atoms with Gasteiger partial charge in [0, 0.05) is 13.2 Å². The SMILES string of the molecule is CC.CN(C)CCCN(C)CCCO. The Hall–Kier alpha value is -0.120. The molecule has 88 valence electrons. The summed E-state index contributed by atoms with van der Waals surface area (Å²) in [6.07, 6.45) is 2.09. The summed E-state index contributed by atoms with van der Waals surface area (Å²) in [5.41, 5.74) is 0. The lowest BCUT2D eigenvalue weighted by Crippen LogP contribution is -2.25. The van der Waals surface area contributed by atoms with Crippen molar-refractivity contribution in [2.75, 3.05) is 47.4 Å². The molecular weight excluding hydrogens is 176 g/mol. The lowest BCUT2D eigenvalue weighted by molar-refractivity contribution is 0.241. The Morgan fingerprint density at radius 3 is 1.79 bits per heavy atom. The molecule has 0 bridgehead atoms. The zero-order valence-corrected chi connectivity index (χ0v) is 10.6. The summed E-state index contributed by atoms with van der Waals surface area (Å²) in [5, 5.41) is 8.59. The molecule has 1 N–H and O–H groups in total. The van der Waals surface area contributed by atoms with Gasteiger partial charge in [0.2, 0.25) is 0 Å². The smallest absolute Gasteiger partial charge is 0.0443 e. The average molecular weight is 204 g/mol. The molecule has 0 amide bonds. The molecule has 0 aliphatic rings. The quantitative estimate of drug-likeness (QED) is 0.677. The zero-order chi connectivity index (χ0) is 11.4. The van der Waals surface area contributed by atoms with Crippen molar-refractivity contribution in [3.8, 4) is 0 Å². The summed E-state index contributed by atoms with van der Waals surface area (Å²) in [5.74, 6) is 0. The molecule has 0 aromatic heterocycles. The Labute approximate surface area is 89.7 Å². The second-order valence-corrected chi connectivity index (χ2v) is 3.54. The maximum absolute atomic E-state index is 8.59. The largest absolute Gasteiger partial charge is 0.396 e. The molecule has 0 aromatic carbocycles. The second-order valence-electron chi connectivity index (χ2n) is 3.54. The summed E-state index contributed by atoms with van der Waals surface area (Å²) in [4.78, 5) is 4.46. The van der Waals surface area contributed by atoms with Crippen LogP contribution in [0.2, 0.25) is 0 Å². The first-order chi connectivity index (χ1) is 6.66.